The Bertz CT molecular complexity index is 1460. The van der Waals surface area contributed by atoms with E-state index >= 15 is 4.39 Å². The van der Waals surface area contributed by atoms with Gasteiger partial charge in [-0.05, 0) is 99.1 Å². The highest BCUT2D eigenvalue weighted by molar-refractivity contribution is 6.31. The zero-order chi connectivity index (χ0) is 30.4. The van der Waals surface area contributed by atoms with E-state index in [0.717, 1.165) is 76.2 Å². The highest BCUT2D eigenvalue weighted by Crippen LogP contribution is 2.66. The second-order valence-electron chi connectivity index (χ2n) is 14.5. The normalized spacial score (nSPS) is 34.6. The maximum absolute atomic E-state index is 16.3. The zero-order valence-corrected chi connectivity index (χ0v) is 26.9. The molecule has 2 bridgehead atoms. The van der Waals surface area contributed by atoms with Crippen LogP contribution < -0.4 is 10.6 Å². The molecule has 4 aliphatic carbocycles. The maximum Gasteiger partial charge on any atom is 0.238 e. The molecule has 2 aromatic rings. The number of halogens is 3. The lowest BCUT2D eigenvalue weighted by molar-refractivity contribution is -0.132. The van der Waals surface area contributed by atoms with E-state index in [4.69, 9.17) is 23.2 Å². The monoisotopic (exact) mass is 625 g/mol. The number of nitrogens with zero attached hydrogens (tertiary/aromatic N) is 1. The number of carbonyl (C=O) groups excluding carboxylic acids is 2. The van der Waals surface area contributed by atoms with Gasteiger partial charge in [-0.25, -0.2) is 4.39 Å². The molecule has 2 amide bonds. The van der Waals surface area contributed by atoms with Gasteiger partial charge in [0.1, 0.15) is 11.2 Å². The molecule has 43 heavy (non-hydrogen) atoms. The summed E-state index contributed by atoms with van der Waals surface area (Å²) in [5, 5.41) is 7.23. The fourth-order valence-electron chi connectivity index (χ4n) is 10.4. The zero-order valence-electron chi connectivity index (χ0n) is 25.4. The Labute approximate surface area is 264 Å². The molecule has 2 aromatic carbocycles. The van der Waals surface area contributed by atoms with Crippen LogP contribution in [-0.2, 0) is 15.0 Å². The van der Waals surface area contributed by atoms with Crippen molar-refractivity contribution in [3.63, 3.8) is 0 Å². The standard InChI is InChI=1S/C35H42Cl2FN3O2/c1-21(2)32-14-17-33(18-15-32,19-16-32)40-30(42)29-27(23-8-7-9-25(37)28(23)38)35(34(41(29)3)12-5-4-6-13-34)24-11-10-22(36)20-26(24)39-31(35)43/h7-11,20-21,27,29H,4-6,12-19H2,1-3H3,(H,39,43)(H,40,42)/t27-,29+,32?,33?,35+/m0/s1. The number of benzene rings is 2. The second-order valence-corrected chi connectivity index (χ2v) is 15.4. The molecule has 2 spiro atoms. The number of hydrogen-bond donors (Lipinski definition) is 2. The maximum atomic E-state index is 16.3. The minimum atomic E-state index is -1.20. The highest BCUT2D eigenvalue weighted by Gasteiger charge is 2.75. The van der Waals surface area contributed by atoms with Crippen molar-refractivity contribution in [1.29, 1.82) is 0 Å². The number of fused-ring (bicyclic) bond motifs is 6. The van der Waals surface area contributed by atoms with Crippen LogP contribution in [0.15, 0.2) is 36.4 Å². The van der Waals surface area contributed by atoms with Gasteiger partial charge in [0.15, 0.2) is 0 Å². The summed E-state index contributed by atoms with van der Waals surface area (Å²) in [4.78, 5) is 31.7. The van der Waals surface area contributed by atoms with Gasteiger partial charge < -0.3 is 10.6 Å². The first-order valence-corrected chi connectivity index (χ1v) is 16.9. The Hall–Kier alpha value is -2.15. The lowest BCUT2D eigenvalue weighted by Gasteiger charge is -2.56. The fourth-order valence-corrected chi connectivity index (χ4v) is 10.7. The first kappa shape index (κ1) is 29.6. The van der Waals surface area contributed by atoms with Crippen LogP contribution in [0.4, 0.5) is 10.1 Å². The molecule has 8 rings (SSSR count). The first-order chi connectivity index (χ1) is 20.5. The highest BCUT2D eigenvalue weighted by atomic mass is 35.5. The van der Waals surface area contributed by atoms with E-state index < -0.39 is 28.7 Å². The summed E-state index contributed by atoms with van der Waals surface area (Å²) < 4.78 is 16.3. The molecule has 3 atom stereocenters. The predicted octanol–water partition coefficient (Wildman–Crippen LogP) is 7.99. The second kappa shape index (κ2) is 10.2. The smallest absolute Gasteiger partial charge is 0.238 e. The summed E-state index contributed by atoms with van der Waals surface area (Å²) in [7, 11) is 1.99. The lowest BCUT2D eigenvalue weighted by atomic mass is 9.53. The summed E-state index contributed by atoms with van der Waals surface area (Å²) >= 11 is 12.8. The summed E-state index contributed by atoms with van der Waals surface area (Å²) in [6, 6.07) is 9.74. The topological polar surface area (TPSA) is 61.4 Å². The summed E-state index contributed by atoms with van der Waals surface area (Å²) in [6.45, 7) is 4.66. The number of nitrogens with one attached hydrogen (secondary N) is 2. The van der Waals surface area contributed by atoms with E-state index in [1.807, 2.05) is 19.2 Å². The van der Waals surface area contributed by atoms with E-state index in [2.05, 4.69) is 29.4 Å². The molecule has 0 aromatic heterocycles. The number of anilines is 1. The molecule has 5 nitrogen and oxygen atoms in total. The van der Waals surface area contributed by atoms with Crippen molar-refractivity contribution in [2.24, 2.45) is 11.3 Å². The molecule has 2 heterocycles. The molecular weight excluding hydrogens is 584 g/mol. The molecule has 5 fully saturated rings. The van der Waals surface area contributed by atoms with Gasteiger partial charge in [-0.2, -0.15) is 0 Å². The average molecular weight is 627 g/mol. The van der Waals surface area contributed by atoms with E-state index in [1.54, 1.807) is 18.2 Å². The fraction of sp³-hybridized carbons (Fsp3) is 0.600. The number of rotatable bonds is 4. The van der Waals surface area contributed by atoms with Gasteiger partial charge in [0, 0.05) is 27.7 Å². The Morgan fingerprint density at radius 3 is 2.33 bits per heavy atom. The van der Waals surface area contributed by atoms with Gasteiger partial charge in [0.05, 0.1) is 11.1 Å². The van der Waals surface area contributed by atoms with E-state index in [1.165, 1.54) is 6.07 Å². The van der Waals surface area contributed by atoms with Crippen molar-refractivity contribution in [3.8, 4) is 0 Å². The van der Waals surface area contributed by atoms with E-state index in [-0.39, 0.29) is 22.4 Å². The Morgan fingerprint density at radius 2 is 1.67 bits per heavy atom. The van der Waals surface area contributed by atoms with Crippen LogP contribution in [0.5, 0.6) is 0 Å². The van der Waals surface area contributed by atoms with Crippen LogP contribution in [0.25, 0.3) is 0 Å². The van der Waals surface area contributed by atoms with Crippen molar-refractivity contribution in [2.75, 3.05) is 12.4 Å². The van der Waals surface area contributed by atoms with Gasteiger partial charge in [0.2, 0.25) is 11.8 Å². The van der Waals surface area contributed by atoms with E-state index in [0.29, 0.717) is 27.6 Å². The predicted molar refractivity (Wildman–Crippen MR) is 169 cm³/mol. The van der Waals surface area contributed by atoms with Gasteiger partial charge >= 0.3 is 0 Å². The average Bonchev–Trinajstić information content (AvgIpc) is 3.40. The number of carbonyl (C=O) groups is 2. The van der Waals surface area contributed by atoms with Crippen LogP contribution in [0, 0.1) is 17.2 Å². The lowest BCUT2D eigenvalue weighted by Crippen LogP contribution is -2.62. The Kier molecular flexibility index (Phi) is 7.00. The summed E-state index contributed by atoms with van der Waals surface area (Å²) in [6.07, 6.45) is 10.6. The quantitative estimate of drug-likeness (QED) is 0.362. The molecule has 8 heteroatoms. The van der Waals surface area contributed by atoms with Crippen LogP contribution in [0.3, 0.4) is 0 Å². The van der Waals surface area contributed by atoms with Crippen molar-refractivity contribution < 1.29 is 14.0 Å². The SMILES string of the molecule is CC(C)C12CCC(NC(=O)[C@H]3[C@H](c4cccc(Cl)c4F)[C@]4(C(=O)Nc5cc(Cl)ccc54)C4(CCCCC4)N3C)(CC1)CC2. The van der Waals surface area contributed by atoms with Crippen LogP contribution in [0.2, 0.25) is 10.0 Å². The summed E-state index contributed by atoms with van der Waals surface area (Å²) in [5.74, 6) is -1.01. The Balaban J connectivity index is 1.40. The number of likely N-dealkylation sites (tertiary alicyclic amines) is 1. The van der Waals surface area contributed by atoms with Crippen LogP contribution in [0.1, 0.15) is 102 Å². The minimum Gasteiger partial charge on any atom is -0.349 e. The number of hydrogen-bond acceptors (Lipinski definition) is 3. The van der Waals surface area contributed by atoms with Crippen molar-refractivity contribution >= 4 is 40.7 Å². The third kappa shape index (κ3) is 3.97. The molecule has 230 valence electrons. The van der Waals surface area contributed by atoms with Crippen molar-refractivity contribution in [2.45, 2.75) is 113 Å². The van der Waals surface area contributed by atoms with Crippen LogP contribution >= 0.6 is 23.2 Å². The van der Waals surface area contributed by atoms with Gasteiger partial charge in [0.25, 0.3) is 0 Å². The third-order valence-electron chi connectivity index (χ3n) is 12.8. The molecule has 0 radical (unpaired) electrons. The van der Waals surface area contributed by atoms with Crippen molar-refractivity contribution in [3.05, 3.63) is 63.4 Å². The molecular formula is C35H42Cl2FN3O2. The Morgan fingerprint density at radius 1 is 1.00 bits per heavy atom. The van der Waals surface area contributed by atoms with Crippen molar-refractivity contribution in [1.82, 2.24) is 10.2 Å². The van der Waals surface area contributed by atoms with Gasteiger partial charge in [-0.3, -0.25) is 14.5 Å². The van der Waals surface area contributed by atoms with Gasteiger partial charge in [-0.15, -0.1) is 0 Å². The number of amides is 2. The van der Waals surface area contributed by atoms with Crippen LogP contribution in [-0.4, -0.2) is 40.9 Å². The largest absolute Gasteiger partial charge is 0.349 e. The van der Waals surface area contributed by atoms with E-state index in [9.17, 15) is 9.59 Å². The third-order valence-corrected chi connectivity index (χ3v) is 13.3. The molecule has 1 saturated heterocycles. The summed E-state index contributed by atoms with van der Waals surface area (Å²) in [5.41, 5.74) is -0.00280. The molecule has 4 saturated carbocycles. The number of likely N-dealkylation sites (N-methyl/N-ethyl adjacent to an activating group) is 1. The molecule has 6 aliphatic rings. The molecule has 2 aliphatic heterocycles. The van der Waals surface area contributed by atoms with Gasteiger partial charge in [-0.1, -0.05) is 74.5 Å². The molecule has 2 N–H and O–H groups in total. The minimum absolute atomic E-state index is 0.00281. The first-order valence-electron chi connectivity index (χ1n) is 16.1. The molecule has 0 unspecified atom stereocenters.